The van der Waals surface area contributed by atoms with Gasteiger partial charge in [-0.05, 0) is 36.8 Å². The number of hydrogen-bond acceptors (Lipinski definition) is 3. The molecule has 0 radical (unpaired) electrons. The SMILES string of the molecule is C[C@H](NCC(O)COc1ccccc1)c1cccc(Cl)c1. The molecule has 0 spiro atoms. The van der Waals surface area contributed by atoms with Crippen molar-refractivity contribution in [2.24, 2.45) is 0 Å². The molecule has 2 N–H and O–H groups in total. The summed E-state index contributed by atoms with van der Waals surface area (Å²) >= 11 is 5.97. The van der Waals surface area contributed by atoms with Gasteiger partial charge in [-0.25, -0.2) is 0 Å². The van der Waals surface area contributed by atoms with Gasteiger partial charge in [-0.3, -0.25) is 0 Å². The van der Waals surface area contributed by atoms with E-state index in [-0.39, 0.29) is 12.6 Å². The molecule has 21 heavy (non-hydrogen) atoms. The molecule has 0 aliphatic carbocycles. The van der Waals surface area contributed by atoms with E-state index < -0.39 is 6.10 Å². The lowest BCUT2D eigenvalue weighted by molar-refractivity contribution is 0.104. The number of nitrogens with one attached hydrogen (secondary N) is 1. The minimum atomic E-state index is -0.563. The number of rotatable bonds is 7. The molecule has 112 valence electrons. The predicted molar refractivity (Wildman–Crippen MR) is 85.8 cm³/mol. The van der Waals surface area contributed by atoms with E-state index >= 15 is 0 Å². The fourth-order valence-electron chi connectivity index (χ4n) is 1.97. The van der Waals surface area contributed by atoms with Crippen molar-refractivity contribution in [3.63, 3.8) is 0 Å². The molecule has 0 heterocycles. The molecule has 0 fully saturated rings. The molecule has 0 bridgehead atoms. The van der Waals surface area contributed by atoms with Crippen molar-refractivity contribution in [1.29, 1.82) is 0 Å². The van der Waals surface area contributed by atoms with E-state index in [4.69, 9.17) is 16.3 Å². The maximum Gasteiger partial charge on any atom is 0.119 e. The molecular weight excluding hydrogens is 286 g/mol. The summed E-state index contributed by atoms with van der Waals surface area (Å²) in [5.74, 6) is 0.763. The van der Waals surface area contributed by atoms with Crippen molar-refractivity contribution < 1.29 is 9.84 Å². The smallest absolute Gasteiger partial charge is 0.119 e. The van der Waals surface area contributed by atoms with E-state index in [1.165, 1.54) is 0 Å². The topological polar surface area (TPSA) is 41.5 Å². The molecular formula is C17H20ClNO2. The number of aliphatic hydroxyl groups excluding tert-OH is 1. The van der Waals surface area contributed by atoms with Crippen LogP contribution in [0.25, 0.3) is 0 Å². The minimum absolute atomic E-state index is 0.120. The monoisotopic (exact) mass is 305 g/mol. The van der Waals surface area contributed by atoms with E-state index in [1.807, 2.05) is 61.5 Å². The summed E-state index contributed by atoms with van der Waals surface area (Å²) in [4.78, 5) is 0. The Bertz CT molecular complexity index is 547. The lowest BCUT2D eigenvalue weighted by atomic mass is 10.1. The quantitative estimate of drug-likeness (QED) is 0.823. The molecule has 3 nitrogen and oxygen atoms in total. The largest absolute Gasteiger partial charge is 0.491 e. The Kier molecular flexibility index (Phi) is 6.05. The average Bonchev–Trinajstić information content (AvgIpc) is 2.51. The van der Waals surface area contributed by atoms with Crippen molar-refractivity contribution in [2.45, 2.75) is 19.1 Å². The Labute approximate surface area is 130 Å². The van der Waals surface area contributed by atoms with Gasteiger partial charge in [0.25, 0.3) is 0 Å². The van der Waals surface area contributed by atoms with E-state index in [0.717, 1.165) is 11.3 Å². The Morgan fingerprint density at radius 1 is 1.14 bits per heavy atom. The van der Waals surface area contributed by atoms with Gasteiger partial charge < -0.3 is 15.2 Å². The second kappa shape index (κ2) is 8.03. The summed E-state index contributed by atoms with van der Waals surface area (Å²) in [6.45, 7) is 2.76. The summed E-state index contributed by atoms with van der Waals surface area (Å²) in [6, 6.07) is 17.3. The van der Waals surface area contributed by atoms with Gasteiger partial charge in [0, 0.05) is 17.6 Å². The fraction of sp³-hybridized carbons (Fsp3) is 0.294. The average molecular weight is 306 g/mol. The number of ether oxygens (including phenoxy) is 1. The van der Waals surface area contributed by atoms with Crippen LogP contribution in [0.2, 0.25) is 5.02 Å². The van der Waals surface area contributed by atoms with Crippen molar-refractivity contribution >= 4 is 11.6 Å². The highest BCUT2D eigenvalue weighted by atomic mass is 35.5. The number of hydrogen-bond donors (Lipinski definition) is 2. The van der Waals surface area contributed by atoms with E-state index in [2.05, 4.69) is 5.32 Å². The molecule has 4 heteroatoms. The zero-order chi connectivity index (χ0) is 15.1. The van der Waals surface area contributed by atoms with Gasteiger partial charge in [-0.15, -0.1) is 0 Å². The van der Waals surface area contributed by atoms with Crippen LogP contribution in [0.15, 0.2) is 54.6 Å². The third kappa shape index (κ3) is 5.38. The highest BCUT2D eigenvalue weighted by Gasteiger charge is 2.09. The number of benzene rings is 2. The zero-order valence-electron chi connectivity index (χ0n) is 12.0. The van der Waals surface area contributed by atoms with Crippen molar-refractivity contribution in [3.8, 4) is 5.75 Å². The van der Waals surface area contributed by atoms with E-state index in [1.54, 1.807) is 0 Å². The first-order valence-corrected chi connectivity index (χ1v) is 7.37. The molecule has 0 aliphatic rings. The molecule has 2 aromatic carbocycles. The first-order valence-electron chi connectivity index (χ1n) is 7.00. The summed E-state index contributed by atoms with van der Waals surface area (Å²) in [7, 11) is 0. The maximum atomic E-state index is 9.95. The highest BCUT2D eigenvalue weighted by molar-refractivity contribution is 6.30. The lowest BCUT2D eigenvalue weighted by Crippen LogP contribution is -2.33. The van der Waals surface area contributed by atoms with Crippen LogP contribution in [0, 0.1) is 0 Å². The fourth-order valence-corrected chi connectivity index (χ4v) is 2.17. The molecule has 0 aliphatic heterocycles. The Balaban J connectivity index is 1.74. The van der Waals surface area contributed by atoms with Gasteiger partial charge in [0.2, 0.25) is 0 Å². The zero-order valence-corrected chi connectivity index (χ0v) is 12.8. The van der Waals surface area contributed by atoms with Gasteiger partial charge in [0.05, 0.1) is 0 Å². The Morgan fingerprint density at radius 3 is 2.62 bits per heavy atom. The molecule has 2 rings (SSSR count). The second-order valence-corrected chi connectivity index (χ2v) is 5.40. The van der Waals surface area contributed by atoms with Crippen LogP contribution >= 0.6 is 11.6 Å². The summed E-state index contributed by atoms with van der Waals surface area (Å²) < 4.78 is 5.51. The van der Waals surface area contributed by atoms with Gasteiger partial charge in [0.15, 0.2) is 0 Å². The standard InChI is InChI=1S/C17H20ClNO2/c1-13(14-6-5-7-15(18)10-14)19-11-16(20)12-21-17-8-3-2-4-9-17/h2-10,13,16,19-20H,11-12H2,1H3/t13-,16?/m0/s1. The molecule has 2 aromatic rings. The van der Waals surface area contributed by atoms with E-state index in [9.17, 15) is 5.11 Å². The van der Waals surface area contributed by atoms with Crippen molar-refractivity contribution in [2.75, 3.05) is 13.2 Å². The van der Waals surface area contributed by atoms with Gasteiger partial charge in [0.1, 0.15) is 18.5 Å². The van der Waals surface area contributed by atoms with Crippen molar-refractivity contribution in [3.05, 3.63) is 65.2 Å². The van der Waals surface area contributed by atoms with Crippen LogP contribution in [0.4, 0.5) is 0 Å². The molecule has 0 amide bonds. The molecule has 0 saturated carbocycles. The normalized spacial score (nSPS) is 13.7. The van der Waals surface area contributed by atoms with Crippen LogP contribution in [-0.2, 0) is 0 Å². The predicted octanol–water partition coefficient (Wildman–Crippen LogP) is 3.43. The van der Waals surface area contributed by atoms with Crippen LogP contribution in [-0.4, -0.2) is 24.4 Å². The molecule has 1 unspecified atom stereocenters. The summed E-state index contributed by atoms with van der Waals surface area (Å²) in [6.07, 6.45) is -0.563. The minimum Gasteiger partial charge on any atom is -0.491 e. The Morgan fingerprint density at radius 2 is 1.90 bits per heavy atom. The number of halogens is 1. The van der Waals surface area contributed by atoms with Crippen LogP contribution < -0.4 is 10.1 Å². The van der Waals surface area contributed by atoms with Gasteiger partial charge >= 0.3 is 0 Å². The molecule has 2 atom stereocenters. The van der Waals surface area contributed by atoms with Gasteiger partial charge in [-0.2, -0.15) is 0 Å². The third-order valence-corrected chi connectivity index (χ3v) is 3.43. The van der Waals surface area contributed by atoms with Gasteiger partial charge in [-0.1, -0.05) is 41.9 Å². The lowest BCUT2D eigenvalue weighted by Gasteiger charge is -2.18. The highest BCUT2D eigenvalue weighted by Crippen LogP contribution is 2.17. The first kappa shape index (κ1) is 15.8. The first-order chi connectivity index (χ1) is 10.1. The van der Waals surface area contributed by atoms with E-state index in [0.29, 0.717) is 11.6 Å². The number of para-hydroxylation sites is 1. The molecule has 0 saturated heterocycles. The maximum absolute atomic E-state index is 9.95. The van der Waals surface area contributed by atoms with Crippen LogP contribution in [0.3, 0.4) is 0 Å². The Hall–Kier alpha value is -1.55. The van der Waals surface area contributed by atoms with Crippen LogP contribution in [0.1, 0.15) is 18.5 Å². The second-order valence-electron chi connectivity index (χ2n) is 4.96. The third-order valence-electron chi connectivity index (χ3n) is 3.19. The van der Waals surface area contributed by atoms with Crippen LogP contribution in [0.5, 0.6) is 5.75 Å². The number of aliphatic hydroxyl groups is 1. The summed E-state index contributed by atoms with van der Waals surface area (Å²) in [5.41, 5.74) is 1.10. The van der Waals surface area contributed by atoms with Crippen molar-refractivity contribution in [1.82, 2.24) is 5.32 Å². The molecule has 0 aromatic heterocycles. The summed E-state index contributed by atoms with van der Waals surface area (Å²) in [5, 5.41) is 13.9.